The summed E-state index contributed by atoms with van der Waals surface area (Å²) in [6.45, 7) is 6.03. The first-order valence-electron chi connectivity index (χ1n) is 10.7. The van der Waals surface area contributed by atoms with E-state index in [9.17, 15) is 13.2 Å². The Hall–Kier alpha value is -2.03. The molecule has 6 nitrogen and oxygen atoms in total. The van der Waals surface area contributed by atoms with Crippen LogP contribution < -0.4 is 9.80 Å². The summed E-state index contributed by atoms with van der Waals surface area (Å²) < 4.78 is 24.6. The third-order valence-electron chi connectivity index (χ3n) is 5.84. The molecule has 1 amide bonds. The number of aliphatic imine (C=N–C) groups is 1. The number of fused-ring (bicyclic) bond motifs is 1. The summed E-state index contributed by atoms with van der Waals surface area (Å²) >= 11 is 7.58. The van der Waals surface area contributed by atoms with Gasteiger partial charge in [-0.15, -0.1) is 0 Å². The van der Waals surface area contributed by atoms with Gasteiger partial charge in [-0.25, -0.2) is 8.42 Å². The van der Waals surface area contributed by atoms with E-state index in [1.54, 1.807) is 6.07 Å². The fraction of sp³-hybridized carbons (Fsp3) is 0.391. The number of nitrogens with zero attached hydrogens (tertiary/aromatic N) is 3. The second-order valence-corrected chi connectivity index (χ2v) is 11.7. The largest absolute Gasteiger partial charge is 0.372 e. The van der Waals surface area contributed by atoms with Crippen LogP contribution in [0.5, 0.6) is 0 Å². The van der Waals surface area contributed by atoms with Crippen LogP contribution in [0.4, 0.5) is 11.4 Å². The second-order valence-electron chi connectivity index (χ2n) is 7.92. The standard InChI is InChI=1S/C23H26ClN3O3S2/c1-3-26(4-2)17-9-11-18(12-10-17)27-20-14-32(29,30)15-21(20)31-23(27)25-22(28)13-16-7-5-6-8-19(16)24/h5-12,20-21H,3-4,13-15H2,1-2H3/t20-,21-/m0/s1. The normalized spacial score (nSPS) is 22.8. The fourth-order valence-electron chi connectivity index (χ4n) is 4.23. The smallest absolute Gasteiger partial charge is 0.252 e. The molecule has 9 heteroatoms. The van der Waals surface area contributed by atoms with Gasteiger partial charge in [0.2, 0.25) is 0 Å². The lowest BCUT2D eigenvalue weighted by Gasteiger charge is -2.26. The monoisotopic (exact) mass is 491 g/mol. The SMILES string of the molecule is CCN(CC)c1ccc(N2C(=NC(=O)Cc3ccccc3Cl)S[C@H]3CS(=O)(=O)C[C@@H]32)cc1. The molecule has 0 radical (unpaired) electrons. The number of rotatable bonds is 6. The number of thioether (sulfide) groups is 1. The van der Waals surface area contributed by atoms with Crippen LogP contribution in [0.25, 0.3) is 0 Å². The molecule has 0 N–H and O–H groups in total. The Bertz CT molecular complexity index is 1130. The minimum atomic E-state index is -3.11. The van der Waals surface area contributed by atoms with Crippen LogP contribution in [0, 0.1) is 0 Å². The van der Waals surface area contributed by atoms with E-state index in [0.29, 0.717) is 10.2 Å². The average molecular weight is 492 g/mol. The maximum atomic E-state index is 12.8. The first kappa shape index (κ1) is 23.1. The fourth-order valence-corrected chi connectivity index (χ4v) is 8.36. The number of halogens is 1. The predicted octanol–water partition coefficient (Wildman–Crippen LogP) is 4.03. The van der Waals surface area contributed by atoms with Crippen LogP contribution in [0.15, 0.2) is 53.5 Å². The predicted molar refractivity (Wildman–Crippen MR) is 134 cm³/mol. The van der Waals surface area contributed by atoms with Crippen LogP contribution in [0.3, 0.4) is 0 Å². The van der Waals surface area contributed by atoms with E-state index in [1.165, 1.54) is 11.8 Å². The number of amides is 1. The average Bonchev–Trinajstić information content (AvgIpc) is 3.22. The Labute approximate surface area is 198 Å². The van der Waals surface area contributed by atoms with E-state index in [0.717, 1.165) is 30.0 Å². The summed E-state index contributed by atoms with van der Waals surface area (Å²) in [5, 5.41) is 0.962. The van der Waals surface area contributed by atoms with E-state index < -0.39 is 9.84 Å². The highest BCUT2D eigenvalue weighted by atomic mass is 35.5. The van der Waals surface area contributed by atoms with Gasteiger partial charge in [-0.05, 0) is 49.7 Å². The van der Waals surface area contributed by atoms with Crippen molar-refractivity contribution in [2.45, 2.75) is 31.6 Å². The molecule has 0 saturated carbocycles. The molecule has 32 heavy (non-hydrogen) atoms. The minimum absolute atomic E-state index is 0.0696. The molecule has 0 unspecified atom stereocenters. The number of hydrogen-bond donors (Lipinski definition) is 0. The number of anilines is 2. The van der Waals surface area contributed by atoms with Crippen LogP contribution in [-0.4, -0.2) is 55.4 Å². The van der Waals surface area contributed by atoms with Crippen molar-refractivity contribution in [3.8, 4) is 0 Å². The van der Waals surface area contributed by atoms with Crippen LogP contribution in [0.1, 0.15) is 19.4 Å². The first-order valence-corrected chi connectivity index (χ1v) is 13.8. The Morgan fingerprint density at radius 1 is 1.12 bits per heavy atom. The summed E-state index contributed by atoms with van der Waals surface area (Å²) in [7, 11) is -3.11. The van der Waals surface area contributed by atoms with Gasteiger partial charge in [0.05, 0.1) is 24.0 Å². The van der Waals surface area contributed by atoms with Crippen molar-refractivity contribution in [1.29, 1.82) is 0 Å². The van der Waals surface area contributed by atoms with Crippen molar-refractivity contribution in [3.05, 3.63) is 59.1 Å². The van der Waals surface area contributed by atoms with Gasteiger partial charge < -0.3 is 9.80 Å². The number of amidine groups is 1. The third-order valence-corrected chi connectivity index (χ3v) is 9.42. The molecule has 4 rings (SSSR count). The lowest BCUT2D eigenvalue weighted by atomic mass is 10.1. The van der Waals surface area contributed by atoms with Crippen LogP contribution in [-0.2, 0) is 21.1 Å². The molecule has 2 fully saturated rings. The van der Waals surface area contributed by atoms with Crippen molar-refractivity contribution in [2.24, 2.45) is 4.99 Å². The molecule has 2 aromatic carbocycles. The van der Waals surface area contributed by atoms with E-state index in [-0.39, 0.29) is 35.1 Å². The summed E-state index contributed by atoms with van der Waals surface area (Å²) in [6.07, 6.45) is 0.103. The molecule has 2 aliphatic heterocycles. The molecule has 0 bridgehead atoms. The molecule has 2 aromatic rings. The molecule has 170 valence electrons. The Balaban J connectivity index is 1.63. The summed E-state index contributed by atoms with van der Waals surface area (Å²) in [4.78, 5) is 21.3. The van der Waals surface area contributed by atoms with Crippen molar-refractivity contribution >= 4 is 55.6 Å². The maximum Gasteiger partial charge on any atom is 0.252 e. The van der Waals surface area contributed by atoms with Gasteiger partial charge in [0.15, 0.2) is 15.0 Å². The van der Waals surface area contributed by atoms with Crippen LogP contribution in [0.2, 0.25) is 5.02 Å². The number of carbonyl (C=O) groups is 1. The first-order chi connectivity index (χ1) is 15.3. The van der Waals surface area contributed by atoms with Gasteiger partial charge in [-0.2, -0.15) is 4.99 Å². The van der Waals surface area contributed by atoms with E-state index in [4.69, 9.17) is 11.6 Å². The van der Waals surface area contributed by atoms with Crippen molar-refractivity contribution in [1.82, 2.24) is 0 Å². The molecular weight excluding hydrogens is 466 g/mol. The summed E-state index contributed by atoms with van der Waals surface area (Å²) in [5.41, 5.74) is 2.68. The van der Waals surface area contributed by atoms with Crippen LogP contribution >= 0.6 is 23.4 Å². The molecule has 2 aliphatic rings. The quantitative estimate of drug-likeness (QED) is 0.607. The lowest BCUT2D eigenvalue weighted by Crippen LogP contribution is -2.37. The Morgan fingerprint density at radius 3 is 2.47 bits per heavy atom. The highest BCUT2D eigenvalue weighted by Gasteiger charge is 2.49. The zero-order valence-electron chi connectivity index (χ0n) is 18.1. The highest BCUT2D eigenvalue weighted by Crippen LogP contribution is 2.41. The maximum absolute atomic E-state index is 12.8. The van der Waals surface area contributed by atoms with Crippen molar-refractivity contribution < 1.29 is 13.2 Å². The molecule has 2 saturated heterocycles. The molecular formula is C23H26ClN3O3S2. The number of carbonyl (C=O) groups excluding carboxylic acids is 1. The van der Waals surface area contributed by atoms with Gasteiger partial charge in [-0.1, -0.05) is 41.6 Å². The molecule has 0 spiro atoms. The molecule has 0 aromatic heterocycles. The van der Waals surface area contributed by atoms with Crippen molar-refractivity contribution in [2.75, 3.05) is 34.4 Å². The van der Waals surface area contributed by atoms with E-state index >= 15 is 0 Å². The molecule has 2 atom stereocenters. The zero-order valence-corrected chi connectivity index (χ0v) is 20.5. The van der Waals surface area contributed by atoms with Gasteiger partial charge in [0.1, 0.15) is 0 Å². The summed E-state index contributed by atoms with van der Waals surface area (Å²) in [6, 6.07) is 15.0. The van der Waals surface area contributed by atoms with E-state index in [2.05, 4.69) is 23.7 Å². The number of benzene rings is 2. The highest BCUT2D eigenvalue weighted by molar-refractivity contribution is 8.16. The number of sulfone groups is 1. The van der Waals surface area contributed by atoms with Gasteiger partial charge in [-0.3, -0.25) is 4.79 Å². The van der Waals surface area contributed by atoms with E-state index in [1.807, 2.05) is 47.4 Å². The van der Waals surface area contributed by atoms with Gasteiger partial charge in [0.25, 0.3) is 5.91 Å². The zero-order chi connectivity index (χ0) is 22.9. The van der Waals surface area contributed by atoms with Gasteiger partial charge in [0, 0.05) is 34.7 Å². The Kier molecular flexibility index (Phi) is 6.83. The second kappa shape index (κ2) is 9.45. The topological polar surface area (TPSA) is 70.0 Å². The van der Waals surface area contributed by atoms with Gasteiger partial charge >= 0.3 is 0 Å². The minimum Gasteiger partial charge on any atom is -0.372 e. The third kappa shape index (κ3) is 4.82. The molecule has 0 aliphatic carbocycles. The molecule has 2 heterocycles. The van der Waals surface area contributed by atoms with Crippen molar-refractivity contribution in [3.63, 3.8) is 0 Å². The summed E-state index contributed by atoms with van der Waals surface area (Å²) in [5.74, 6) is -0.123. The number of hydrogen-bond acceptors (Lipinski definition) is 5. The lowest BCUT2D eigenvalue weighted by molar-refractivity contribution is -0.117. The Morgan fingerprint density at radius 2 is 1.81 bits per heavy atom.